The van der Waals surface area contributed by atoms with Gasteiger partial charge in [-0.3, -0.25) is 9.59 Å². The largest absolute Gasteiger partial charge is 0.493 e. The lowest BCUT2D eigenvalue weighted by atomic mass is 10.0. The molecular formula is C20H24N4O4. The van der Waals surface area contributed by atoms with Gasteiger partial charge in [-0.1, -0.05) is 17.7 Å². The number of carbonyl (C=O) groups excluding carboxylic acids is 2. The molecule has 1 unspecified atom stereocenters. The van der Waals surface area contributed by atoms with E-state index < -0.39 is 24.0 Å². The first-order valence-corrected chi connectivity index (χ1v) is 9.09. The smallest absolute Gasteiger partial charge is 0.270 e. The number of hydrogen-bond donors (Lipinski definition) is 3. The van der Waals surface area contributed by atoms with Crippen molar-refractivity contribution in [1.82, 2.24) is 15.1 Å². The van der Waals surface area contributed by atoms with Gasteiger partial charge in [0.25, 0.3) is 5.91 Å². The Morgan fingerprint density at radius 3 is 2.93 bits per heavy atom. The highest BCUT2D eigenvalue weighted by atomic mass is 16.5. The SMILES string of the molecule is C/C1=C\C[C@@H](C(O)C(N)=O)NC(=O)c2cc(C)nn2-c2cccc(c2)OCC1. The van der Waals surface area contributed by atoms with E-state index in [1.54, 1.807) is 13.0 Å². The molecule has 2 atom stereocenters. The van der Waals surface area contributed by atoms with Gasteiger partial charge in [0, 0.05) is 12.5 Å². The van der Waals surface area contributed by atoms with Crippen molar-refractivity contribution in [1.29, 1.82) is 0 Å². The van der Waals surface area contributed by atoms with Crippen LogP contribution in [0, 0.1) is 6.92 Å². The Morgan fingerprint density at radius 2 is 2.18 bits per heavy atom. The number of primary amides is 1. The van der Waals surface area contributed by atoms with E-state index in [1.165, 1.54) is 4.68 Å². The normalized spacial score (nSPS) is 20.6. The van der Waals surface area contributed by atoms with Gasteiger partial charge in [0.05, 0.1) is 24.0 Å². The maximum Gasteiger partial charge on any atom is 0.270 e. The molecular weight excluding hydrogens is 360 g/mol. The summed E-state index contributed by atoms with van der Waals surface area (Å²) in [6.45, 7) is 4.19. The van der Waals surface area contributed by atoms with Gasteiger partial charge in [0.15, 0.2) is 6.10 Å². The van der Waals surface area contributed by atoms with Crippen LogP contribution >= 0.6 is 0 Å². The number of rotatable bonds is 2. The number of nitrogens with zero attached hydrogens (tertiary/aromatic N) is 2. The zero-order valence-corrected chi connectivity index (χ0v) is 15.9. The van der Waals surface area contributed by atoms with Gasteiger partial charge in [-0.2, -0.15) is 5.10 Å². The number of fused-ring (bicyclic) bond motifs is 4. The van der Waals surface area contributed by atoms with Crippen molar-refractivity contribution < 1.29 is 19.4 Å². The topological polar surface area (TPSA) is 119 Å². The van der Waals surface area contributed by atoms with Crippen molar-refractivity contribution >= 4 is 11.8 Å². The molecule has 1 aromatic heterocycles. The Hall–Kier alpha value is -3.13. The molecule has 1 aliphatic heterocycles. The van der Waals surface area contributed by atoms with Crippen LogP contribution in [0.5, 0.6) is 5.75 Å². The predicted molar refractivity (Wildman–Crippen MR) is 103 cm³/mol. The molecule has 8 heteroatoms. The minimum absolute atomic E-state index is 0.264. The van der Waals surface area contributed by atoms with Crippen LogP contribution in [0.25, 0.3) is 5.69 Å². The van der Waals surface area contributed by atoms with E-state index >= 15 is 0 Å². The molecule has 1 aliphatic rings. The fourth-order valence-electron chi connectivity index (χ4n) is 3.03. The molecule has 0 fully saturated rings. The summed E-state index contributed by atoms with van der Waals surface area (Å²) in [6.07, 6.45) is 1.30. The Morgan fingerprint density at radius 1 is 1.39 bits per heavy atom. The van der Waals surface area contributed by atoms with Crippen molar-refractivity contribution in [3.8, 4) is 11.4 Å². The molecule has 148 valence electrons. The minimum atomic E-state index is -1.50. The summed E-state index contributed by atoms with van der Waals surface area (Å²) in [4.78, 5) is 24.4. The van der Waals surface area contributed by atoms with E-state index in [2.05, 4.69) is 10.4 Å². The fraction of sp³-hybridized carbons (Fsp3) is 0.350. The standard InChI is InChI=1S/C20H24N4O4/c1-12-6-7-16(18(25)19(21)26)22-20(27)17-10-13(2)23-24(17)14-4-3-5-15(11-14)28-9-8-12/h3-6,10-11,16,18,25H,7-9H2,1-2H3,(H2,21,26)(H,22,27)/b12-6+/t16-,18?/m0/s1. The summed E-state index contributed by atoms with van der Waals surface area (Å²) in [6, 6.07) is 8.11. The predicted octanol–water partition coefficient (Wildman–Crippen LogP) is 1.24. The van der Waals surface area contributed by atoms with Crippen molar-refractivity contribution in [2.45, 2.75) is 38.8 Å². The molecule has 2 bridgehead atoms. The third-order valence-electron chi connectivity index (χ3n) is 4.60. The molecule has 4 N–H and O–H groups in total. The van der Waals surface area contributed by atoms with E-state index in [-0.39, 0.29) is 12.1 Å². The third kappa shape index (κ3) is 4.40. The number of nitrogens with one attached hydrogen (secondary N) is 1. The Kier molecular flexibility index (Phi) is 5.79. The first-order valence-electron chi connectivity index (χ1n) is 9.09. The van der Waals surface area contributed by atoms with E-state index in [1.807, 2.05) is 37.3 Å². The molecule has 2 amide bonds. The summed E-state index contributed by atoms with van der Waals surface area (Å²) < 4.78 is 7.33. The van der Waals surface area contributed by atoms with Crippen molar-refractivity contribution in [2.24, 2.45) is 5.73 Å². The first-order chi connectivity index (χ1) is 13.3. The second kappa shape index (κ2) is 8.26. The molecule has 8 nitrogen and oxygen atoms in total. The van der Waals surface area contributed by atoms with Crippen molar-refractivity contribution in [2.75, 3.05) is 6.61 Å². The summed E-state index contributed by atoms with van der Waals surface area (Å²) in [5.74, 6) is -0.664. The quantitative estimate of drug-likeness (QED) is 0.673. The molecule has 0 saturated heterocycles. The maximum atomic E-state index is 12.9. The monoisotopic (exact) mass is 384 g/mol. The van der Waals surface area contributed by atoms with Crippen LogP contribution in [-0.4, -0.2) is 45.5 Å². The number of ether oxygens (including phenoxy) is 1. The second-order valence-corrected chi connectivity index (χ2v) is 6.89. The molecule has 0 spiro atoms. The number of amides is 2. The highest BCUT2D eigenvalue weighted by Gasteiger charge is 2.27. The summed E-state index contributed by atoms with van der Waals surface area (Å²) in [5.41, 5.74) is 7.88. The lowest BCUT2D eigenvalue weighted by Gasteiger charge is -2.22. The number of aliphatic hydroxyl groups is 1. The lowest BCUT2D eigenvalue weighted by Crippen LogP contribution is -2.49. The van der Waals surface area contributed by atoms with Gasteiger partial charge in [0.1, 0.15) is 11.4 Å². The molecule has 3 rings (SSSR count). The molecule has 28 heavy (non-hydrogen) atoms. The number of benzene rings is 1. The molecule has 0 saturated carbocycles. The summed E-state index contributed by atoms with van der Waals surface area (Å²) in [5, 5.41) is 17.3. The van der Waals surface area contributed by atoms with Crippen LogP contribution in [0.2, 0.25) is 0 Å². The number of carbonyl (C=O) groups is 2. The Labute approximate surface area is 163 Å². The number of aryl methyl sites for hydroxylation is 1. The zero-order chi connectivity index (χ0) is 20.3. The third-order valence-corrected chi connectivity index (χ3v) is 4.60. The fourth-order valence-corrected chi connectivity index (χ4v) is 3.03. The van der Waals surface area contributed by atoms with Crippen LogP contribution in [-0.2, 0) is 4.79 Å². The number of aliphatic hydroxyl groups excluding tert-OH is 1. The highest BCUT2D eigenvalue weighted by Crippen LogP contribution is 2.20. The highest BCUT2D eigenvalue weighted by molar-refractivity contribution is 5.94. The van der Waals surface area contributed by atoms with E-state index in [0.717, 1.165) is 5.57 Å². The number of nitrogens with two attached hydrogens (primary N) is 1. The number of hydrogen-bond acceptors (Lipinski definition) is 5. The van der Waals surface area contributed by atoms with Crippen LogP contribution in [0.1, 0.15) is 35.9 Å². The van der Waals surface area contributed by atoms with Gasteiger partial charge in [-0.15, -0.1) is 0 Å². The van der Waals surface area contributed by atoms with Crippen LogP contribution < -0.4 is 15.8 Å². The number of aromatic nitrogens is 2. The van der Waals surface area contributed by atoms with Crippen LogP contribution in [0.4, 0.5) is 0 Å². The van der Waals surface area contributed by atoms with Crippen molar-refractivity contribution in [3.63, 3.8) is 0 Å². The molecule has 0 radical (unpaired) electrons. The lowest BCUT2D eigenvalue weighted by molar-refractivity contribution is -0.127. The van der Waals surface area contributed by atoms with Gasteiger partial charge >= 0.3 is 0 Å². The van der Waals surface area contributed by atoms with Gasteiger partial charge in [-0.25, -0.2) is 4.68 Å². The second-order valence-electron chi connectivity index (χ2n) is 6.89. The van der Waals surface area contributed by atoms with E-state index in [0.29, 0.717) is 30.2 Å². The minimum Gasteiger partial charge on any atom is -0.493 e. The van der Waals surface area contributed by atoms with Gasteiger partial charge in [-0.05, 0) is 38.5 Å². The maximum absolute atomic E-state index is 12.9. The van der Waals surface area contributed by atoms with E-state index in [4.69, 9.17) is 10.5 Å². The van der Waals surface area contributed by atoms with Crippen LogP contribution in [0.3, 0.4) is 0 Å². The Bertz CT molecular complexity index is 919. The van der Waals surface area contributed by atoms with Crippen LogP contribution in [0.15, 0.2) is 42.0 Å². The average molecular weight is 384 g/mol. The summed E-state index contributed by atoms with van der Waals surface area (Å²) >= 11 is 0. The summed E-state index contributed by atoms with van der Waals surface area (Å²) in [7, 11) is 0. The zero-order valence-electron chi connectivity index (χ0n) is 15.9. The van der Waals surface area contributed by atoms with E-state index in [9.17, 15) is 14.7 Å². The first kappa shape index (κ1) is 19.6. The van der Waals surface area contributed by atoms with Crippen molar-refractivity contribution in [3.05, 3.63) is 53.4 Å². The van der Waals surface area contributed by atoms with Gasteiger partial charge < -0.3 is 20.9 Å². The Balaban J connectivity index is 2.04. The molecule has 0 aliphatic carbocycles. The molecule has 1 aromatic carbocycles. The molecule has 2 aromatic rings. The average Bonchev–Trinajstić information content (AvgIpc) is 3.06. The molecule has 2 heterocycles. The van der Waals surface area contributed by atoms with Gasteiger partial charge in [0.2, 0.25) is 5.91 Å².